The Bertz CT molecular complexity index is 217. The number of nitrogens with zero attached hydrogens (tertiary/aromatic N) is 2. The molecule has 1 rings (SSSR count). The van der Waals surface area contributed by atoms with Gasteiger partial charge in [-0.05, 0) is 13.0 Å². The van der Waals surface area contributed by atoms with Crippen LogP contribution in [-0.4, -0.2) is 21.7 Å². The van der Waals surface area contributed by atoms with Crippen LogP contribution in [0.2, 0.25) is 0 Å². The Balaban J connectivity index is 2.59. The Morgan fingerprint density at radius 3 is 3.17 bits per heavy atom. The second kappa shape index (κ2) is 4.66. The van der Waals surface area contributed by atoms with Crippen molar-refractivity contribution < 1.29 is 0 Å². The summed E-state index contributed by atoms with van der Waals surface area (Å²) >= 11 is 0. The zero-order chi connectivity index (χ0) is 8.81. The average molecular weight is 166 g/mol. The van der Waals surface area contributed by atoms with E-state index in [1.807, 2.05) is 6.08 Å². The molecule has 0 aliphatic heterocycles. The van der Waals surface area contributed by atoms with Crippen molar-refractivity contribution in [1.82, 2.24) is 20.5 Å². The largest absolute Gasteiger partial charge is 0.307 e. The van der Waals surface area contributed by atoms with Gasteiger partial charge >= 0.3 is 0 Å². The standard InChI is InChI=1S/C8H14N4/c1-3-5-7(9-4-2)8-10-6-11-12-8/h3,6-7,9H,1,4-5H2,2H3,(H,10,11,12). The number of aromatic nitrogens is 3. The van der Waals surface area contributed by atoms with E-state index in [0.717, 1.165) is 18.8 Å². The van der Waals surface area contributed by atoms with Crippen molar-refractivity contribution in [2.75, 3.05) is 6.54 Å². The van der Waals surface area contributed by atoms with Gasteiger partial charge in [0, 0.05) is 0 Å². The molecule has 0 saturated carbocycles. The molecule has 4 nitrogen and oxygen atoms in total. The van der Waals surface area contributed by atoms with Gasteiger partial charge in [0.1, 0.15) is 12.2 Å². The molecule has 0 fully saturated rings. The number of H-pyrrole nitrogens is 1. The SMILES string of the molecule is C=CCC(NCC)c1ncn[nH]1. The minimum absolute atomic E-state index is 0.218. The van der Waals surface area contributed by atoms with Crippen molar-refractivity contribution in [3.8, 4) is 0 Å². The molecule has 1 aromatic rings. The van der Waals surface area contributed by atoms with E-state index in [2.05, 4.69) is 34.0 Å². The highest BCUT2D eigenvalue weighted by Crippen LogP contribution is 2.10. The van der Waals surface area contributed by atoms with E-state index in [9.17, 15) is 0 Å². The van der Waals surface area contributed by atoms with E-state index in [1.165, 1.54) is 6.33 Å². The lowest BCUT2D eigenvalue weighted by Crippen LogP contribution is -2.21. The van der Waals surface area contributed by atoms with Crippen molar-refractivity contribution in [3.05, 3.63) is 24.8 Å². The monoisotopic (exact) mass is 166 g/mol. The van der Waals surface area contributed by atoms with Crippen LogP contribution < -0.4 is 5.32 Å². The number of aromatic amines is 1. The van der Waals surface area contributed by atoms with Crippen molar-refractivity contribution >= 4 is 0 Å². The second-order valence-electron chi connectivity index (χ2n) is 2.51. The number of rotatable bonds is 5. The van der Waals surface area contributed by atoms with E-state index in [0.29, 0.717) is 0 Å². The molecule has 0 saturated heterocycles. The van der Waals surface area contributed by atoms with Gasteiger partial charge in [-0.25, -0.2) is 4.98 Å². The molecule has 66 valence electrons. The summed E-state index contributed by atoms with van der Waals surface area (Å²) in [5.41, 5.74) is 0. The van der Waals surface area contributed by atoms with Gasteiger partial charge in [0.25, 0.3) is 0 Å². The number of nitrogens with one attached hydrogen (secondary N) is 2. The maximum Gasteiger partial charge on any atom is 0.141 e. The van der Waals surface area contributed by atoms with E-state index < -0.39 is 0 Å². The first kappa shape index (κ1) is 8.93. The van der Waals surface area contributed by atoms with Gasteiger partial charge in [-0.15, -0.1) is 6.58 Å². The molecule has 12 heavy (non-hydrogen) atoms. The minimum atomic E-state index is 0.218. The Morgan fingerprint density at radius 1 is 1.83 bits per heavy atom. The first-order chi connectivity index (χ1) is 5.88. The maximum absolute atomic E-state index is 4.08. The van der Waals surface area contributed by atoms with E-state index in [4.69, 9.17) is 0 Å². The molecule has 2 N–H and O–H groups in total. The molecule has 4 heteroatoms. The molecule has 0 radical (unpaired) electrons. The highest BCUT2D eigenvalue weighted by atomic mass is 15.2. The van der Waals surface area contributed by atoms with Gasteiger partial charge < -0.3 is 5.32 Å². The fourth-order valence-corrected chi connectivity index (χ4v) is 1.09. The van der Waals surface area contributed by atoms with E-state index in [1.54, 1.807) is 0 Å². The van der Waals surface area contributed by atoms with Crippen LogP contribution in [0.15, 0.2) is 19.0 Å². The molecule has 0 spiro atoms. The van der Waals surface area contributed by atoms with Crippen LogP contribution in [0.5, 0.6) is 0 Å². The fourth-order valence-electron chi connectivity index (χ4n) is 1.09. The van der Waals surface area contributed by atoms with Gasteiger partial charge in [-0.3, -0.25) is 5.10 Å². The maximum atomic E-state index is 4.08. The van der Waals surface area contributed by atoms with Gasteiger partial charge in [0.15, 0.2) is 0 Å². The Kier molecular flexibility index (Phi) is 3.47. The molecule has 1 heterocycles. The van der Waals surface area contributed by atoms with E-state index >= 15 is 0 Å². The molecular formula is C8H14N4. The highest BCUT2D eigenvalue weighted by Gasteiger charge is 2.09. The quantitative estimate of drug-likeness (QED) is 0.642. The van der Waals surface area contributed by atoms with Crippen molar-refractivity contribution in [3.63, 3.8) is 0 Å². The third kappa shape index (κ3) is 2.17. The number of hydrogen-bond acceptors (Lipinski definition) is 3. The summed E-state index contributed by atoms with van der Waals surface area (Å²) < 4.78 is 0. The first-order valence-corrected chi connectivity index (χ1v) is 4.08. The summed E-state index contributed by atoms with van der Waals surface area (Å²) in [4.78, 5) is 4.08. The molecule has 1 aromatic heterocycles. The summed E-state index contributed by atoms with van der Waals surface area (Å²) in [6.07, 6.45) is 4.25. The Labute approximate surface area is 72.1 Å². The van der Waals surface area contributed by atoms with Crippen LogP contribution >= 0.6 is 0 Å². The normalized spacial score (nSPS) is 12.8. The van der Waals surface area contributed by atoms with E-state index in [-0.39, 0.29) is 6.04 Å². The Hall–Kier alpha value is -1.16. The third-order valence-corrected chi connectivity index (χ3v) is 1.62. The lowest BCUT2D eigenvalue weighted by molar-refractivity contribution is 0.532. The van der Waals surface area contributed by atoms with Crippen LogP contribution in [0.25, 0.3) is 0 Å². The first-order valence-electron chi connectivity index (χ1n) is 4.08. The molecule has 0 amide bonds. The van der Waals surface area contributed by atoms with Crippen molar-refractivity contribution in [2.24, 2.45) is 0 Å². The fraction of sp³-hybridized carbons (Fsp3) is 0.500. The highest BCUT2D eigenvalue weighted by molar-refractivity contribution is 4.94. The van der Waals surface area contributed by atoms with Crippen LogP contribution in [0.4, 0.5) is 0 Å². The van der Waals surface area contributed by atoms with Crippen molar-refractivity contribution in [2.45, 2.75) is 19.4 Å². The van der Waals surface area contributed by atoms with Gasteiger partial charge in [0.2, 0.25) is 0 Å². The topological polar surface area (TPSA) is 53.6 Å². The summed E-state index contributed by atoms with van der Waals surface area (Å²) in [6.45, 7) is 6.67. The summed E-state index contributed by atoms with van der Waals surface area (Å²) in [5.74, 6) is 0.872. The lowest BCUT2D eigenvalue weighted by atomic mass is 10.2. The van der Waals surface area contributed by atoms with Crippen LogP contribution in [0, 0.1) is 0 Å². The van der Waals surface area contributed by atoms with Crippen LogP contribution in [0.1, 0.15) is 25.2 Å². The van der Waals surface area contributed by atoms with Gasteiger partial charge in [0.05, 0.1) is 6.04 Å². The minimum Gasteiger partial charge on any atom is -0.307 e. The molecule has 0 bridgehead atoms. The van der Waals surface area contributed by atoms with Crippen LogP contribution in [0.3, 0.4) is 0 Å². The molecule has 0 aliphatic carbocycles. The Morgan fingerprint density at radius 2 is 2.67 bits per heavy atom. The van der Waals surface area contributed by atoms with Crippen molar-refractivity contribution in [1.29, 1.82) is 0 Å². The number of hydrogen-bond donors (Lipinski definition) is 2. The third-order valence-electron chi connectivity index (χ3n) is 1.62. The summed E-state index contributed by atoms with van der Waals surface area (Å²) in [6, 6.07) is 0.218. The predicted molar refractivity (Wildman–Crippen MR) is 47.6 cm³/mol. The summed E-state index contributed by atoms with van der Waals surface area (Å²) in [5, 5.41) is 9.91. The average Bonchev–Trinajstić information content (AvgIpc) is 2.56. The second-order valence-corrected chi connectivity index (χ2v) is 2.51. The molecule has 0 aromatic carbocycles. The molecule has 0 aliphatic rings. The molecule has 1 atom stereocenters. The smallest absolute Gasteiger partial charge is 0.141 e. The van der Waals surface area contributed by atoms with Gasteiger partial charge in [-0.1, -0.05) is 13.0 Å². The predicted octanol–water partition coefficient (Wildman–Crippen LogP) is 1.03. The lowest BCUT2D eigenvalue weighted by Gasteiger charge is -2.11. The summed E-state index contributed by atoms with van der Waals surface area (Å²) in [7, 11) is 0. The zero-order valence-electron chi connectivity index (χ0n) is 7.25. The molecular weight excluding hydrogens is 152 g/mol. The van der Waals surface area contributed by atoms with Crippen LogP contribution in [-0.2, 0) is 0 Å². The zero-order valence-corrected chi connectivity index (χ0v) is 7.25. The van der Waals surface area contributed by atoms with Gasteiger partial charge in [-0.2, -0.15) is 5.10 Å². The molecule has 1 unspecified atom stereocenters.